The van der Waals surface area contributed by atoms with Gasteiger partial charge in [-0.15, -0.1) is 9.55 Å². The normalized spacial score (nSPS) is 10.8. The molecule has 14 nitrogen and oxygen atoms in total. The summed E-state index contributed by atoms with van der Waals surface area (Å²) in [6, 6.07) is 13.1. The van der Waals surface area contributed by atoms with Gasteiger partial charge < -0.3 is 34.6 Å². The number of thiocarbonyl (C=S) groups is 1. The highest BCUT2D eigenvalue weighted by atomic mass is 32.1. The van der Waals surface area contributed by atoms with Gasteiger partial charge >= 0.3 is 23.4 Å². The molecular formula is C25H20N8O6S. The van der Waals surface area contributed by atoms with Gasteiger partial charge in [-0.05, 0) is 66.0 Å². The summed E-state index contributed by atoms with van der Waals surface area (Å²) in [6.07, 6.45) is 1.09. The molecule has 5 aromatic rings. The third kappa shape index (κ3) is 5.53. The lowest BCUT2D eigenvalue weighted by molar-refractivity contribution is -0.391. The topological polar surface area (TPSA) is 172 Å². The Hall–Kier alpha value is -5.44. The zero-order chi connectivity index (χ0) is 28.4. The molecule has 0 saturated heterocycles. The lowest BCUT2D eigenvalue weighted by Crippen LogP contribution is -2.21. The van der Waals surface area contributed by atoms with Gasteiger partial charge in [0.1, 0.15) is 23.3 Å². The SMILES string of the molecule is COc1ccc(NC(=S)Nc2nc(Oc3ccc4c(C)cc(=O)oc4c3)nc(-n3c([N+](=O)[O-])cnc3C)n2)cc1. The number of benzene rings is 2. The third-order valence-electron chi connectivity index (χ3n) is 5.61. The van der Waals surface area contributed by atoms with Crippen molar-refractivity contribution in [1.29, 1.82) is 0 Å². The smallest absolute Gasteiger partial charge is 0.350 e. The average molecular weight is 561 g/mol. The van der Waals surface area contributed by atoms with E-state index in [0.717, 1.165) is 21.7 Å². The van der Waals surface area contributed by atoms with E-state index in [1.165, 1.54) is 12.1 Å². The maximum absolute atomic E-state index is 11.8. The second-order valence-corrected chi connectivity index (χ2v) is 8.72. The number of imidazole rings is 1. The number of fused-ring (bicyclic) bond motifs is 1. The average Bonchev–Trinajstić information content (AvgIpc) is 3.30. The predicted molar refractivity (Wildman–Crippen MR) is 148 cm³/mol. The molecule has 15 heteroatoms. The van der Waals surface area contributed by atoms with E-state index < -0.39 is 10.5 Å². The van der Waals surface area contributed by atoms with Crippen molar-refractivity contribution < 1.29 is 18.8 Å². The van der Waals surface area contributed by atoms with Gasteiger partial charge in [-0.25, -0.2) is 9.78 Å². The first-order valence-corrected chi connectivity index (χ1v) is 12.0. The Morgan fingerprint density at radius 2 is 1.80 bits per heavy atom. The van der Waals surface area contributed by atoms with Crippen LogP contribution in [0.3, 0.4) is 0 Å². The molecule has 0 bridgehead atoms. The minimum absolute atomic E-state index is 0.0587. The van der Waals surface area contributed by atoms with E-state index in [1.807, 2.05) is 0 Å². The third-order valence-corrected chi connectivity index (χ3v) is 5.82. The van der Waals surface area contributed by atoms with Crippen LogP contribution < -0.4 is 25.7 Å². The molecule has 0 aliphatic carbocycles. The van der Waals surface area contributed by atoms with E-state index in [1.54, 1.807) is 57.4 Å². The lowest BCUT2D eigenvalue weighted by atomic mass is 10.1. The predicted octanol–water partition coefficient (Wildman–Crippen LogP) is 4.30. The number of hydrogen-bond acceptors (Lipinski definition) is 11. The Bertz CT molecular complexity index is 1820. The van der Waals surface area contributed by atoms with Crippen LogP contribution in [0, 0.1) is 24.0 Å². The summed E-state index contributed by atoms with van der Waals surface area (Å²) in [6.45, 7) is 3.35. The summed E-state index contributed by atoms with van der Waals surface area (Å²) < 4.78 is 17.5. The highest BCUT2D eigenvalue weighted by Gasteiger charge is 2.24. The number of nitrogens with one attached hydrogen (secondary N) is 2. The number of anilines is 2. The van der Waals surface area contributed by atoms with Crippen LogP contribution in [0.15, 0.2) is 63.9 Å². The van der Waals surface area contributed by atoms with Gasteiger partial charge in [-0.2, -0.15) is 9.97 Å². The van der Waals surface area contributed by atoms with Crippen molar-refractivity contribution in [3.05, 3.63) is 86.7 Å². The van der Waals surface area contributed by atoms with Crippen LogP contribution in [-0.2, 0) is 0 Å². The van der Waals surface area contributed by atoms with E-state index in [9.17, 15) is 14.9 Å². The van der Waals surface area contributed by atoms with Gasteiger partial charge in [0.15, 0.2) is 5.11 Å². The summed E-state index contributed by atoms with van der Waals surface area (Å²) in [5, 5.41) is 18.3. The Morgan fingerprint density at radius 3 is 2.52 bits per heavy atom. The van der Waals surface area contributed by atoms with Crippen LogP contribution in [0.5, 0.6) is 17.5 Å². The zero-order valence-corrected chi connectivity index (χ0v) is 22.1. The molecule has 2 N–H and O–H groups in total. The number of aromatic nitrogens is 5. The number of rotatable bonds is 7. The zero-order valence-electron chi connectivity index (χ0n) is 21.2. The van der Waals surface area contributed by atoms with Crippen molar-refractivity contribution in [1.82, 2.24) is 24.5 Å². The summed E-state index contributed by atoms with van der Waals surface area (Å²) in [7, 11) is 1.56. The standard InChI is InChI=1S/C25H20N8O6S/c1-13-10-21(34)39-19-11-17(8-9-18(13)19)38-24-29-22(30-25(40)27-15-4-6-16(37-3)7-5-15)28-23(31-24)32-14(2)26-12-20(32)33(35)36/h4-12H,1-3H3,(H2,27,28,29,30,31,40). The molecule has 2 aromatic carbocycles. The molecule has 0 saturated carbocycles. The second kappa shape index (κ2) is 10.7. The van der Waals surface area contributed by atoms with Crippen molar-refractivity contribution in [2.24, 2.45) is 0 Å². The minimum Gasteiger partial charge on any atom is -0.497 e. The van der Waals surface area contributed by atoms with E-state index in [4.69, 9.17) is 26.1 Å². The molecule has 0 radical (unpaired) electrons. The molecule has 0 fully saturated rings. The van der Waals surface area contributed by atoms with Gasteiger partial charge in [0.05, 0.1) is 7.11 Å². The fraction of sp³-hybridized carbons (Fsp3) is 0.120. The number of nitrogens with zero attached hydrogens (tertiary/aromatic N) is 6. The Morgan fingerprint density at radius 1 is 1.05 bits per heavy atom. The molecule has 5 rings (SSSR count). The Balaban J connectivity index is 1.51. The number of aryl methyl sites for hydroxylation is 2. The molecule has 0 unspecified atom stereocenters. The molecule has 0 amide bonds. The highest BCUT2D eigenvalue weighted by molar-refractivity contribution is 7.80. The van der Waals surface area contributed by atoms with Crippen LogP contribution in [0.1, 0.15) is 11.4 Å². The van der Waals surface area contributed by atoms with Crippen molar-refractivity contribution in [2.75, 3.05) is 17.7 Å². The van der Waals surface area contributed by atoms with Crippen LogP contribution in [0.4, 0.5) is 17.5 Å². The summed E-state index contributed by atoms with van der Waals surface area (Å²) in [4.78, 5) is 39.7. The molecular weight excluding hydrogens is 540 g/mol. The number of hydrogen-bond donors (Lipinski definition) is 2. The monoisotopic (exact) mass is 560 g/mol. The summed E-state index contributed by atoms with van der Waals surface area (Å²) >= 11 is 5.40. The number of ether oxygens (including phenoxy) is 2. The van der Waals surface area contributed by atoms with Gasteiger partial charge in [0, 0.05) is 30.1 Å². The van der Waals surface area contributed by atoms with Crippen molar-refractivity contribution in [3.63, 3.8) is 0 Å². The van der Waals surface area contributed by atoms with Crippen LogP contribution in [0.2, 0.25) is 0 Å². The number of methoxy groups -OCH3 is 1. The Kier molecular flexibility index (Phi) is 7.03. The van der Waals surface area contributed by atoms with E-state index >= 15 is 0 Å². The quantitative estimate of drug-likeness (QED) is 0.125. The molecule has 0 atom stereocenters. The minimum atomic E-state index is -0.610. The summed E-state index contributed by atoms with van der Waals surface area (Å²) in [5.74, 6) is 0.634. The van der Waals surface area contributed by atoms with E-state index in [0.29, 0.717) is 17.0 Å². The van der Waals surface area contributed by atoms with Crippen molar-refractivity contribution >= 4 is 45.8 Å². The Labute approximate surface area is 230 Å². The van der Waals surface area contributed by atoms with Crippen LogP contribution >= 0.6 is 12.2 Å². The lowest BCUT2D eigenvalue weighted by Gasteiger charge is -2.12. The van der Waals surface area contributed by atoms with E-state index in [-0.39, 0.29) is 40.4 Å². The molecule has 3 heterocycles. The molecule has 0 aliphatic heterocycles. The first-order chi connectivity index (χ1) is 19.2. The first-order valence-electron chi connectivity index (χ1n) is 11.6. The maximum Gasteiger partial charge on any atom is 0.350 e. The molecule has 3 aromatic heterocycles. The van der Waals surface area contributed by atoms with Gasteiger partial charge in [-0.1, -0.05) is 0 Å². The van der Waals surface area contributed by atoms with Gasteiger partial charge in [0.25, 0.3) is 0 Å². The summed E-state index contributed by atoms with van der Waals surface area (Å²) in [5.41, 5.74) is 1.21. The first kappa shape index (κ1) is 26.2. The largest absolute Gasteiger partial charge is 0.497 e. The highest BCUT2D eigenvalue weighted by Crippen LogP contribution is 2.27. The van der Waals surface area contributed by atoms with Crippen LogP contribution in [-0.4, -0.2) is 41.6 Å². The van der Waals surface area contributed by atoms with Crippen LogP contribution in [0.25, 0.3) is 16.9 Å². The van der Waals surface area contributed by atoms with Crippen molar-refractivity contribution in [2.45, 2.75) is 13.8 Å². The molecule has 40 heavy (non-hydrogen) atoms. The maximum atomic E-state index is 11.8. The van der Waals surface area contributed by atoms with Gasteiger partial charge in [-0.3, -0.25) is 0 Å². The fourth-order valence-corrected chi connectivity index (χ4v) is 3.98. The number of nitro groups is 1. The fourth-order valence-electron chi connectivity index (χ4n) is 3.77. The second-order valence-electron chi connectivity index (χ2n) is 8.31. The molecule has 202 valence electrons. The van der Waals surface area contributed by atoms with Gasteiger partial charge in [0.2, 0.25) is 11.8 Å². The molecule has 0 aliphatic rings. The van der Waals surface area contributed by atoms with E-state index in [2.05, 4.69) is 30.6 Å². The van der Waals surface area contributed by atoms with Crippen molar-refractivity contribution in [3.8, 4) is 23.5 Å². The molecule has 0 spiro atoms.